The first-order valence-corrected chi connectivity index (χ1v) is 8.07. The zero-order valence-electron chi connectivity index (χ0n) is 14.1. The molecule has 0 saturated carbocycles. The first-order valence-electron chi connectivity index (χ1n) is 8.07. The van der Waals surface area contributed by atoms with E-state index >= 15 is 0 Å². The van der Waals surface area contributed by atoms with Gasteiger partial charge in [0.2, 0.25) is 5.91 Å². The second-order valence-corrected chi connectivity index (χ2v) is 5.88. The summed E-state index contributed by atoms with van der Waals surface area (Å²) in [4.78, 5) is 37.3. The summed E-state index contributed by atoms with van der Waals surface area (Å²) in [5.74, 6) is -0.610. The summed E-state index contributed by atoms with van der Waals surface area (Å²) in [6.45, 7) is 1.46. The second-order valence-electron chi connectivity index (χ2n) is 5.88. The van der Waals surface area contributed by atoms with Gasteiger partial charge in [-0.05, 0) is 49.4 Å². The Kier molecular flexibility index (Phi) is 4.97. The number of hydrogen-bond acceptors (Lipinski definition) is 4. The summed E-state index contributed by atoms with van der Waals surface area (Å²) < 4.78 is 18.3. The average Bonchev–Trinajstić information content (AvgIpc) is 2.62. The molecule has 0 aromatic heterocycles. The van der Waals surface area contributed by atoms with Crippen molar-refractivity contribution in [1.29, 1.82) is 0 Å². The van der Waals surface area contributed by atoms with E-state index in [0.29, 0.717) is 22.7 Å². The van der Waals surface area contributed by atoms with Crippen LogP contribution in [0.3, 0.4) is 0 Å². The van der Waals surface area contributed by atoms with Crippen LogP contribution in [0.1, 0.15) is 23.7 Å². The van der Waals surface area contributed by atoms with Crippen molar-refractivity contribution in [1.82, 2.24) is 0 Å². The number of nitrogens with zero attached hydrogens (tertiary/aromatic N) is 1. The van der Waals surface area contributed by atoms with Gasteiger partial charge in [0.05, 0.1) is 5.69 Å². The Hall–Kier alpha value is -3.22. The van der Waals surface area contributed by atoms with Crippen molar-refractivity contribution in [2.24, 2.45) is 0 Å². The lowest BCUT2D eigenvalue weighted by Gasteiger charge is -2.29. The van der Waals surface area contributed by atoms with E-state index in [1.807, 2.05) is 0 Å². The van der Waals surface area contributed by atoms with Gasteiger partial charge in [-0.15, -0.1) is 0 Å². The van der Waals surface area contributed by atoms with Crippen molar-refractivity contribution in [3.8, 4) is 5.75 Å². The smallest absolute Gasteiger partial charge is 0.265 e. The topological polar surface area (TPSA) is 75.7 Å². The fourth-order valence-electron chi connectivity index (χ4n) is 2.64. The summed E-state index contributed by atoms with van der Waals surface area (Å²) in [6, 6.07) is 10.3. The molecule has 0 bridgehead atoms. The van der Waals surface area contributed by atoms with Gasteiger partial charge in [0.15, 0.2) is 12.4 Å². The molecular weight excluding hydrogens is 339 g/mol. The molecule has 26 heavy (non-hydrogen) atoms. The van der Waals surface area contributed by atoms with Crippen molar-refractivity contribution in [3.05, 3.63) is 53.8 Å². The van der Waals surface area contributed by atoms with E-state index in [0.717, 1.165) is 0 Å². The minimum atomic E-state index is -0.389. The number of ketones is 1. The van der Waals surface area contributed by atoms with Gasteiger partial charge in [0.1, 0.15) is 11.6 Å². The van der Waals surface area contributed by atoms with Gasteiger partial charge in [-0.25, -0.2) is 4.39 Å². The highest BCUT2D eigenvalue weighted by atomic mass is 19.1. The molecule has 1 heterocycles. The zero-order valence-corrected chi connectivity index (χ0v) is 14.1. The Bertz CT molecular complexity index is 864. The second kappa shape index (κ2) is 7.35. The van der Waals surface area contributed by atoms with Crippen molar-refractivity contribution in [2.75, 3.05) is 23.4 Å². The van der Waals surface area contributed by atoms with Crippen LogP contribution in [-0.2, 0) is 9.59 Å². The Morgan fingerprint density at radius 2 is 1.92 bits per heavy atom. The van der Waals surface area contributed by atoms with Crippen LogP contribution in [0, 0.1) is 5.82 Å². The average molecular weight is 356 g/mol. The van der Waals surface area contributed by atoms with Gasteiger partial charge in [0.25, 0.3) is 5.91 Å². The molecule has 2 aromatic rings. The SMILES string of the molecule is CC(=O)c1ccc2c(c1)N(CCC(=O)Nc1ccc(F)cc1)C(=O)CO2. The molecule has 0 radical (unpaired) electrons. The van der Waals surface area contributed by atoms with Crippen molar-refractivity contribution >= 4 is 29.0 Å². The molecule has 1 aliphatic heterocycles. The number of amides is 2. The summed E-state index contributed by atoms with van der Waals surface area (Å²) in [5, 5.41) is 2.65. The van der Waals surface area contributed by atoms with Crippen molar-refractivity contribution in [3.63, 3.8) is 0 Å². The van der Waals surface area contributed by atoms with Crippen LogP contribution in [0.2, 0.25) is 0 Å². The molecule has 1 aliphatic rings. The van der Waals surface area contributed by atoms with E-state index in [1.54, 1.807) is 18.2 Å². The predicted molar refractivity (Wildman–Crippen MR) is 93.9 cm³/mol. The normalized spacial score (nSPS) is 13.0. The third-order valence-electron chi connectivity index (χ3n) is 4.00. The Morgan fingerprint density at radius 1 is 1.19 bits per heavy atom. The predicted octanol–water partition coefficient (Wildman–Crippen LogP) is 2.78. The molecule has 7 heteroatoms. The number of fused-ring (bicyclic) bond motifs is 1. The van der Waals surface area contributed by atoms with Gasteiger partial charge < -0.3 is 15.0 Å². The lowest BCUT2D eigenvalue weighted by atomic mass is 10.1. The standard InChI is InChI=1S/C19H17FN2O4/c1-12(23)13-2-7-17-16(10-13)22(19(25)11-26-17)9-8-18(24)21-15-5-3-14(20)4-6-15/h2-7,10H,8-9,11H2,1H3,(H,21,24). The molecule has 0 spiro atoms. The molecule has 0 unspecified atom stereocenters. The Labute approximate surface area is 149 Å². The van der Waals surface area contributed by atoms with E-state index in [2.05, 4.69) is 5.32 Å². The van der Waals surface area contributed by atoms with Crippen LogP contribution < -0.4 is 15.0 Å². The van der Waals surface area contributed by atoms with E-state index < -0.39 is 0 Å². The maximum Gasteiger partial charge on any atom is 0.265 e. The highest BCUT2D eigenvalue weighted by molar-refractivity contribution is 6.02. The highest BCUT2D eigenvalue weighted by Gasteiger charge is 2.26. The van der Waals surface area contributed by atoms with Gasteiger partial charge >= 0.3 is 0 Å². The van der Waals surface area contributed by atoms with Gasteiger partial charge in [-0.1, -0.05) is 0 Å². The van der Waals surface area contributed by atoms with Crippen LogP contribution in [0.4, 0.5) is 15.8 Å². The molecule has 2 amide bonds. The first kappa shape index (κ1) is 17.6. The maximum atomic E-state index is 12.9. The van der Waals surface area contributed by atoms with Crippen LogP contribution in [-0.4, -0.2) is 30.7 Å². The summed E-state index contributed by atoms with van der Waals surface area (Å²) in [6.07, 6.45) is 0.0485. The monoisotopic (exact) mass is 356 g/mol. The van der Waals surface area contributed by atoms with Crippen molar-refractivity contribution < 1.29 is 23.5 Å². The molecule has 0 saturated heterocycles. The van der Waals surface area contributed by atoms with E-state index in [-0.39, 0.29) is 43.0 Å². The molecule has 0 aliphatic carbocycles. The maximum absolute atomic E-state index is 12.9. The quantitative estimate of drug-likeness (QED) is 0.836. The van der Waals surface area contributed by atoms with Crippen LogP contribution in [0.5, 0.6) is 5.75 Å². The lowest BCUT2D eigenvalue weighted by Crippen LogP contribution is -2.40. The first-order chi connectivity index (χ1) is 12.4. The molecule has 6 nitrogen and oxygen atoms in total. The van der Waals surface area contributed by atoms with Gasteiger partial charge in [0, 0.05) is 24.2 Å². The molecule has 3 rings (SSSR count). The molecule has 0 atom stereocenters. The van der Waals surface area contributed by atoms with E-state index in [9.17, 15) is 18.8 Å². The lowest BCUT2D eigenvalue weighted by molar-refractivity contribution is -0.121. The fraction of sp³-hybridized carbons (Fsp3) is 0.211. The minimum absolute atomic E-state index is 0.0485. The van der Waals surface area contributed by atoms with Gasteiger partial charge in [-0.2, -0.15) is 0 Å². The Balaban J connectivity index is 1.70. The third-order valence-corrected chi connectivity index (χ3v) is 4.00. The summed E-state index contributed by atoms with van der Waals surface area (Å²) >= 11 is 0. The van der Waals surface area contributed by atoms with Crippen LogP contribution >= 0.6 is 0 Å². The van der Waals surface area contributed by atoms with Crippen molar-refractivity contribution in [2.45, 2.75) is 13.3 Å². The van der Waals surface area contributed by atoms with Gasteiger partial charge in [-0.3, -0.25) is 14.4 Å². The number of anilines is 2. The number of rotatable bonds is 5. The number of ether oxygens (including phenoxy) is 1. The number of nitrogens with one attached hydrogen (secondary N) is 1. The molecule has 1 N–H and O–H groups in total. The number of halogens is 1. The number of carbonyl (C=O) groups is 3. The molecule has 0 fully saturated rings. The van der Waals surface area contributed by atoms with E-state index in [1.165, 1.54) is 36.1 Å². The number of carbonyl (C=O) groups excluding carboxylic acids is 3. The van der Waals surface area contributed by atoms with E-state index in [4.69, 9.17) is 4.74 Å². The third kappa shape index (κ3) is 3.88. The largest absolute Gasteiger partial charge is 0.482 e. The number of benzene rings is 2. The fourth-order valence-corrected chi connectivity index (χ4v) is 2.64. The number of hydrogen-bond donors (Lipinski definition) is 1. The summed E-state index contributed by atoms with van der Waals surface area (Å²) in [7, 11) is 0. The zero-order chi connectivity index (χ0) is 18.7. The molecular formula is C19H17FN2O4. The highest BCUT2D eigenvalue weighted by Crippen LogP contribution is 2.33. The minimum Gasteiger partial charge on any atom is -0.482 e. The van der Waals surface area contributed by atoms with Crippen LogP contribution in [0.25, 0.3) is 0 Å². The summed E-state index contributed by atoms with van der Waals surface area (Å²) in [5.41, 5.74) is 1.41. The molecule has 134 valence electrons. The number of Topliss-reactive ketones (excluding diaryl/α,β-unsaturated/α-hetero) is 1. The molecule has 2 aromatic carbocycles. The van der Waals surface area contributed by atoms with Crippen LogP contribution in [0.15, 0.2) is 42.5 Å². The Morgan fingerprint density at radius 3 is 2.62 bits per heavy atom.